The molecule has 0 aromatic heterocycles. The summed E-state index contributed by atoms with van der Waals surface area (Å²) in [4.78, 5) is 8.43. The summed E-state index contributed by atoms with van der Waals surface area (Å²) in [5.41, 5.74) is 2.11. The van der Waals surface area contributed by atoms with Crippen LogP contribution in [0.4, 0.5) is 5.69 Å². The first-order chi connectivity index (χ1) is 14.9. The van der Waals surface area contributed by atoms with Crippen molar-refractivity contribution in [1.82, 2.24) is 4.90 Å². The Kier molecular flexibility index (Phi) is 9.88. The van der Waals surface area contributed by atoms with Crippen molar-refractivity contribution in [2.24, 2.45) is 29.6 Å². The van der Waals surface area contributed by atoms with Crippen LogP contribution in [0.5, 0.6) is 0 Å². The normalized spacial score (nSPS) is 38.2. The van der Waals surface area contributed by atoms with E-state index in [0.717, 1.165) is 47.2 Å². The third-order valence-electron chi connectivity index (χ3n) is 9.18. The average Bonchev–Trinajstić information content (AvgIpc) is 3.23. The number of likely N-dealkylation sites (tertiary alicyclic amines) is 1. The monoisotopic (exact) mass is 570 g/mol. The van der Waals surface area contributed by atoms with Crippen LogP contribution in [0.15, 0.2) is 30.3 Å². The van der Waals surface area contributed by atoms with Gasteiger partial charge < -0.3 is 12.4 Å². The number of fused-ring (bicyclic) bond motifs is 5. The van der Waals surface area contributed by atoms with Gasteiger partial charge >= 0.3 is 37.9 Å². The van der Waals surface area contributed by atoms with E-state index in [1.54, 1.807) is 0 Å². The zero-order valence-electron chi connectivity index (χ0n) is 20.6. The Morgan fingerprint density at radius 1 is 0.969 bits per heavy atom. The molecule has 0 N–H and O–H groups in total. The molecule has 3 saturated carbocycles. The summed E-state index contributed by atoms with van der Waals surface area (Å²) >= 11 is -0.826. The van der Waals surface area contributed by atoms with Crippen molar-refractivity contribution < 1.29 is 20.8 Å². The van der Waals surface area contributed by atoms with Crippen molar-refractivity contribution in [3.8, 4) is 0 Å². The van der Waals surface area contributed by atoms with Crippen LogP contribution in [0.2, 0.25) is 18.6 Å². The van der Waals surface area contributed by atoms with E-state index < -0.39 is 29.1 Å². The van der Waals surface area contributed by atoms with E-state index in [9.17, 15) is 0 Å². The molecule has 0 radical (unpaired) electrons. The van der Waals surface area contributed by atoms with Crippen molar-refractivity contribution in [3.05, 3.63) is 42.7 Å². The molecule has 0 spiro atoms. The topological polar surface area (TPSA) is 17.3 Å². The molecule has 5 rings (SSSR count). The molecule has 1 saturated heterocycles. The average molecular weight is 573 g/mol. The van der Waals surface area contributed by atoms with Crippen LogP contribution in [-0.4, -0.2) is 32.3 Å². The summed E-state index contributed by atoms with van der Waals surface area (Å²) in [7, 11) is 10.6. The predicted molar refractivity (Wildman–Crippen MR) is 140 cm³/mol. The van der Waals surface area contributed by atoms with Crippen molar-refractivity contribution in [2.75, 3.05) is 7.05 Å². The van der Waals surface area contributed by atoms with E-state index in [1.165, 1.54) is 50.6 Å². The Balaban J connectivity index is 0.000000686. The molecule has 1 aromatic rings. The van der Waals surface area contributed by atoms with Gasteiger partial charge in [-0.15, -0.1) is 5.69 Å². The van der Waals surface area contributed by atoms with Crippen LogP contribution in [0.1, 0.15) is 51.9 Å². The number of hydrogen-bond donors (Lipinski definition) is 0. The molecule has 3 aliphatic carbocycles. The summed E-state index contributed by atoms with van der Waals surface area (Å²) in [6.45, 7) is 7.70. The van der Waals surface area contributed by atoms with Crippen LogP contribution in [0.3, 0.4) is 0 Å². The zero-order chi connectivity index (χ0) is 22.2. The molecule has 32 heavy (non-hydrogen) atoms. The molecule has 8 atom stereocenters. The predicted octanol–water partition coefficient (Wildman–Crippen LogP) is 8.65. The Labute approximate surface area is 217 Å². The fraction of sp³-hybridized carbons (Fsp3) is 0.731. The van der Waals surface area contributed by atoms with Gasteiger partial charge in [0, 0.05) is 12.1 Å². The molecule has 4 fully saturated rings. The van der Waals surface area contributed by atoms with E-state index in [2.05, 4.69) is 62.3 Å². The van der Waals surface area contributed by atoms with Crippen molar-refractivity contribution in [1.29, 1.82) is 0 Å². The third-order valence-corrected chi connectivity index (χ3v) is 12.5. The Morgan fingerprint density at radius 3 is 2.25 bits per heavy atom. The summed E-state index contributed by atoms with van der Waals surface area (Å²) in [6, 6.07) is 12.6. The van der Waals surface area contributed by atoms with Crippen LogP contribution in [0, 0.1) is 37.0 Å². The number of rotatable bonds is 3. The van der Waals surface area contributed by atoms with Crippen LogP contribution in [-0.2, 0) is 20.8 Å². The number of benzene rings is 1. The standard InChI is InChI=1S/C25H39N2Si.CH3.2ClH.Zr/c1-17-14-15-22-21(16-17)23-24(27(22)2)19-12-8-9-13-20(19)25(23)28(3,4)26-18-10-6-5-7-11-18;;;;/h5-7,10-11,17,19-25H,8-9,12-16H2,1-4H3;1H3;2*1H;/q2*-1;;;+4/p-2. The molecule has 1 heterocycles. The molecular formula is C26H42Cl2N2SiZr. The first-order valence-electron chi connectivity index (χ1n) is 12.3. The van der Waals surface area contributed by atoms with Crippen LogP contribution >= 0.6 is 17.0 Å². The molecule has 178 valence electrons. The maximum atomic E-state index is 5.53. The van der Waals surface area contributed by atoms with E-state index in [0.29, 0.717) is 0 Å². The molecule has 2 nitrogen and oxygen atoms in total. The second-order valence-corrected chi connectivity index (χ2v) is 19.1. The van der Waals surface area contributed by atoms with Gasteiger partial charge in [-0.1, -0.05) is 75.2 Å². The number of nitrogens with zero attached hydrogens (tertiary/aromatic N) is 2. The van der Waals surface area contributed by atoms with Crippen LogP contribution in [0.25, 0.3) is 4.98 Å². The zero-order valence-corrected chi connectivity index (χ0v) is 25.6. The van der Waals surface area contributed by atoms with Crippen molar-refractivity contribution in [3.63, 3.8) is 0 Å². The van der Waals surface area contributed by atoms with E-state index in [-0.39, 0.29) is 7.43 Å². The van der Waals surface area contributed by atoms with Crippen molar-refractivity contribution in [2.45, 2.75) is 82.6 Å². The molecule has 1 aliphatic heterocycles. The van der Waals surface area contributed by atoms with Crippen LogP contribution < -0.4 is 0 Å². The first-order valence-corrected chi connectivity index (χ1v) is 21.7. The molecular weight excluding hydrogens is 531 g/mol. The van der Waals surface area contributed by atoms with Gasteiger partial charge in [-0.3, -0.25) is 4.90 Å². The van der Waals surface area contributed by atoms with E-state index in [4.69, 9.17) is 22.0 Å². The Bertz CT molecular complexity index is 721. The fourth-order valence-electron chi connectivity index (χ4n) is 8.39. The third kappa shape index (κ3) is 5.25. The molecule has 0 bridgehead atoms. The quantitative estimate of drug-likeness (QED) is 0.262. The molecule has 8 unspecified atom stereocenters. The van der Waals surface area contributed by atoms with Gasteiger partial charge in [0.2, 0.25) is 0 Å². The van der Waals surface area contributed by atoms with Gasteiger partial charge in [-0.2, -0.15) is 0 Å². The fourth-order valence-corrected chi connectivity index (χ4v) is 12.2. The second kappa shape index (κ2) is 11.6. The van der Waals surface area contributed by atoms with Gasteiger partial charge in [0.25, 0.3) is 0 Å². The molecule has 0 amide bonds. The van der Waals surface area contributed by atoms with Gasteiger partial charge in [0.1, 0.15) is 0 Å². The van der Waals surface area contributed by atoms with Gasteiger partial charge in [-0.25, -0.2) is 0 Å². The van der Waals surface area contributed by atoms with Gasteiger partial charge in [-0.05, 0) is 70.6 Å². The summed E-state index contributed by atoms with van der Waals surface area (Å²) in [5, 5.41) is 0. The number of halogens is 2. The molecule has 6 heteroatoms. The Morgan fingerprint density at radius 2 is 1.59 bits per heavy atom. The summed E-state index contributed by atoms with van der Waals surface area (Å²) in [6.07, 6.45) is 10.2. The second-order valence-electron chi connectivity index (χ2n) is 11.2. The van der Waals surface area contributed by atoms with Crippen molar-refractivity contribution >= 4 is 30.9 Å². The number of hydrogen-bond acceptors (Lipinski definition) is 1. The summed E-state index contributed by atoms with van der Waals surface area (Å²) < 4.78 is 0. The minimum absolute atomic E-state index is 0. The molecule has 4 aliphatic rings. The maximum absolute atomic E-state index is 5.53. The molecule has 1 aromatic carbocycles. The minimum atomic E-state index is -1.73. The Hall–Kier alpha value is 0.660. The van der Waals surface area contributed by atoms with E-state index >= 15 is 0 Å². The van der Waals surface area contributed by atoms with E-state index in [1.807, 2.05) is 0 Å². The van der Waals surface area contributed by atoms with Gasteiger partial charge in [0.05, 0.1) is 0 Å². The SMILES string of the molecule is CC1CCC2C(C1)C1C(C3CCCCC3C1[Si](C)(C)[N-]c1ccccc1)N2C.[CH3-].[Cl][Zr+2][Cl]. The summed E-state index contributed by atoms with van der Waals surface area (Å²) in [5.74, 6) is 4.67. The first kappa shape index (κ1) is 27.3. The van der Waals surface area contributed by atoms with Gasteiger partial charge in [0.15, 0.2) is 0 Å².